The van der Waals surface area contributed by atoms with Gasteiger partial charge >= 0.3 is 0 Å². The monoisotopic (exact) mass is 105 g/mol. The fourth-order valence-corrected chi connectivity index (χ4v) is 0.316. The molecule has 3 nitrogen and oxygen atoms in total. The summed E-state index contributed by atoms with van der Waals surface area (Å²) in [6.07, 6.45) is 0. The van der Waals surface area contributed by atoms with Gasteiger partial charge in [-0.25, -0.2) is 0 Å². The van der Waals surface area contributed by atoms with Crippen molar-refractivity contribution in [1.82, 2.24) is 16.6 Å². The highest BCUT2D eigenvalue weighted by atomic mass is 15.5. The van der Waals surface area contributed by atoms with Crippen molar-refractivity contribution in [3.8, 4) is 0 Å². The molecule has 0 amide bonds. The van der Waals surface area contributed by atoms with Gasteiger partial charge in [-0.15, -0.1) is 0 Å². The normalized spacial score (nSPS) is 8.57. The van der Waals surface area contributed by atoms with Crippen LogP contribution in [0.3, 0.4) is 0 Å². The summed E-state index contributed by atoms with van der Waals surface area (Å²) >= 11 is 0. The molecular weight excluding hydrogens is 90.1 g/mol. The van der Waals surface area contributed by atoms with Crippen molar-refractivity contribution in [3.63, 3.8) is 0 Å². The Bertz CT molecular complexity index is 28.1. The zero-order chi connectivity index (χ0) is 4.99. The second-order valence-electron chi connectivity index (χ2n) is 1.41. The molecular formula is C4H15N3. The Kier molecular flexibility index (Phi) is 8.39. The van der Waals surface area contributed by atoms with Gasteiger partial charge in [-0.1, -0.05) is 6.92 Å². The minimum absolute atomic E-state index is 0. The molecule has 0 saturated carbocycles. The summed E-state index contributed by atoms with van der Waals surface area (Å²) in [7, 11) is 3.95. The Morgan fingerprint density at radius 1 is 1.43 bits per heavy atom. The van der Waals surface area contributed by atoms with Crippen LogP contribution in [0.1, 0.15) is 6.92 Å². The van der Waals surface area contributed by atoms with Gasteiger partial charge in [-0.3, -0.25) is 10.4 Å². The maximum atomic E-state index is 3.04. The largest absolute Gasteiger partial charge is 0.344 e. The number of hydrogen-bond acceptors (Lipinski definition) is 3. The zero-order valence-corrected chi connectivity index (χ0v) is 5.36. The molecule has 4 N–H and O–H groups in total. The quantitative estimate of drug-likeness (QED) is 0.494. The smallest absolute Gasteiger partial charge is 0.00735 e. The fourth-order valence-electron chi connectivity index (χ4n) is 0.316. The highest BCUT2D eigenvalue weighted by molar-refractivity contribution is 4.24. The van der Waals surface area contributed by atoms with Crippen molar-refractivity contribution in [2.75, 3.05) is 20.6 Å². The van der Waals surface area contributed by atoms with Crippen molar-refractivity contribution < 1.29 is 0 Å². The lowest BCUT2D eigenvalue weighted by Crippen LogP contribution is -2.29. The van der Waals surface area contributed by atoms with E-state index in [-0.39, 0.29) is 6.15 Å². The lowest BCUT2D eigenvalue weighted by molar-refractivity contribution is 0.299. The maximum Gasteiger partial charge on any atom is 0.00735 e. The Hall–Kier alpha value is -0.120. The van der Waals surface area contributed by atoms with Gasteiger partial charge in [0.1, 0.15) is 0 Å². The van der Waals surface area contributed by atoms with Crippen molar-refractivity contribution >= 4 is 0 Å². The first kappa shape index (κ1) is 9.99. The van der Waals surface area contributed by atoms with Crippen molar-refractivity contribution in [2.24, 2.45) is 0 Å². The van der Waals surface area contributed by atoms with Crippen molar-refractivity contribution in [1.29, 1.82) is 0 Å². The minimum atomic E-state index is 0. The SMILES string of the molecule is CCNN(C)C.N. The molecule has 0 heterocycles. The molecule has 46 valence electrons. The first-order valence-corrected chi connectivity index (χ1v) is 2.18. The van der Waals surface area contributed by atoms with Gasteiger partial charge in [0.25, 0.3) is 0 Å². The first-order valence-electron chi connectivity index (χ1n) is 2.18. The molecule has 0 rings (SSSR count). The van der Waals surface area contributed by atoms with Crippen LogP contribution in [-0.4, -0.2) is 25.6 Å². The van der Waals surface area contributed by atoms with E-state index in [1.807, 2.05) is 19.1 Å². The number of nitrogens with zero attached hydrogens (tertiary/aromatic N) is 1. The van der Waals surface area contributed by atoms with E-state index in [9.17, 15) is 0 Å². The zero-order valence-electron chi connectivity index (χ0n) is 5.36. The molecule has 0 radical (unpaired) electrons. The molecule has 0 aromatic carbocycles. The molecule has 7 heavy (non-hydrogen) atoms. The van der Waals surface area contributed by atoms with E-state index in [2.05, 4.69) is 12.3 Å². The third-order valence-electron chi connectivity index (χ3n) is 0.474. The average Bonchev–Trinajstić information content (AvgIpc) is 1.35. The highest BCUT2D eigenvalue weighted by Gasteiger charge is 1.75. The van der Waals surface area contributed by atoms with Crippen LogP contribution in [0.5, 0.6) is 0 Å². The lowest BCUT2D eigenvalue weighted by Gasteiger charge is -2.07. The second-order valence-corrected chi connectivity index (χ2v) is 1.41. The van der Waals surface area contributed by atoms with Gasteiger partial charge in [0.2, 0.25) is 0 Å². The third kappa shape index (κ3) is 10.7. The summed E-state index contributed by atoms with van der Waals surface area (Å²) in [5.74, 6) is 0. The molecule has 0 aliphatic rings. The van der Waals surface area contributed by atoms with E-state index in [4.69, 9.17) is 0 Å². The van der Waals surface area contributed by atoms with Crippen LogP contribution in [0.25, 0.3) is 0 Å². The number of rotatable bonds is 2. The number of nitrogens with one attached hydrogen (secondary N) is 1. The van der Waals surface area contributed by atoms with Crippen LogP contribution in [0, 0.1) is 0 Å². The van der Waals surface area contributed by atoms with E-state index < -0.39 is 0 Å². The predicted molar refractivity (Wildman–Crippen MR) is 32.4 cm³/mol. The molecule has 0 saturated heterocycles. The summed E-state index contributed by atoms with van der Waals surface area (Å²) in [5, 5.41) is 1.93. The Morgan fingerprint density at radius 2 is 1.86 bits per heavy atom. The van der Waals surface area contributed by atoms with Crippen molar-refractivity contribution in [3.05, 3.63) is 0 Å². The van der Waals surface area contributed by atoms with Crippen LogP contribution in [0.2, 0.25) is 0 Å². The van der Waals surface area contributed by atoms with Crippen molar-refractivity contribution in [2.45, 2.75) is 6.92 Å². The van der Waals surface area contributed by atoms with Gasteiger partial charge in [0.05, 0.1) is 0 Å². The first-order chi connectivity index (χ1) is 2.77. The summed E-state index contributed by atoms with van der Waals surface area (Å²) < 4.78 is 0. The molecule has 0 unspecified atom stereocenters. The molecule has 3 heteroatoms. The Balaban J connectivity index is 0. The summed E-state index contributed by atoms with van der Waals surface area (Å²) in [6.45, 7) is 3.08. The molecule has 0 aromatic rings. The number of hydrogen-bond donors (Lipinski definition) is 2. The van der Waals surface area contributed by atoms with E-state index in [1.165, 1.54) is 0 Å². The summed E-state index contributed by atoms with van der Waals surface area (Å²) in [4.78, 5) is 0. The molecule has 0 bridgehead atoms. The summed E-state index contributed by atoms with van der Waals surface area (Å²) in [5.41, 5.74) is 3.04. The molecule has 0 atom stereocenters. The van der Waals surface area contributed by atoms with E-state index >= 15 is 0 Å². The fraction of sp³-hybridized carbons (Fsp3) is 1.00. The number of hydrazine groups is 1. The minimum Gasteiger partial charge on any atom is -0.344 e. The van der Waals surface area contributed by atoms with E-state index in [1.54, 1.807) is 0 Å². The lowest BCUT2D eigenvalue weighted by atomic mass is 10.8. The van der Waals surface area contributed by atoms with Crippen LogP contribution in [0.4, 0.5) is 0 Å². The third-order valence-corrected chi connectivity index (χ3v) is 0.474. The maximum absolute atomic E-state index is 3.04. The van der Waals surface area contributed by atoms with Gasteiger partial charge in [-0.2, -0.15) is 0 Å². The average molecular weight is 105 g/mol. The van der Waals surface area contributed by atoms with Crippen LogP contribution in [-0.2, 0) is 0 Å². The summed E-state index contributed by atoms with van der Waals surface area (Å²) in [6, 6.07) is 0. The van der Waals surface area contributed by atoms with Crippen LogP contribution >= 0.6 is 0 Å². The Labute approximate surface area is 45.2 Å². The molecule has 0 fully saturated rings. The van der Waals surface area contributed by atoms with Gasteiger partial charge in [0.15, 0.2) is 0 Å². The second kappa shape index (κ2) is 5.88. The predicted octanol–water partition coefficient (Wildman–Crippen LogP) is 0.235. The van der Waals surface area contributed by atoms with Crippen LogP contribution in [0.15, 0.2) is 0 Å². The van der Waals surface area contributed by atoms with Gasteiger partial charge < -0.3 is 6.15 Å². The molecule has 0 spiro atoms. The van der Waals surface area contributed by atoms with Gasteiger partial charge in [0, 0.05) is 20.6 Å². The van der Waals surface area contributed by atoms with Crippen LogP contribution < -0.4 is 11.6 Å². The highest BCUT2D eigenvalue weighted by Crippen LogP contribution is 1.57. The molecule has 0 aliphatic carbocycles. The molecule has 0 aromatic heterocycles. The van der Waals surface area contributed by atoms with Gasteiger partial charge in [-0.05, 0) is 0 Å². The van der Waals surface area contributed by atoms with E-state index in [0.29, 0.717) is 0 Å². The standard InChI is InChI=1S/C4H12N2.H3N/c1-4-5-6(2)3;/h5H,4H2,1-3H3;1H3. The Morgan fingerprint density at radius 3 is 1.86 bits per heavy atom. The van der Waals surface area contributed by atoms with E-state index in [0.717, 1.165) is 6.54 Å². The molecule has 0 aliphatic heterocycles. The topological polar surface area (TPSA) is 50.3 Å².